The molecule has 0 atom stereocenters. The summed E-state index contributed by atoms with van der Waals surface area (Å²) in [4.78, 5) is 0. The van der Waals surface area contributed by atoms with Crippen LogP contribution in [0.1, 0.15) is 6.42 Å². The highest BCUT2D eigenvalue weighted by atomic mass is 32.3. The second kappa shape index (κ2) is 7.71. The van der Waals surface area contributed by atoms with Gasteiger partial charge in [-0.15, -0.1) is 0 Å². The molecule has 1 aromatic carbocycles. The Morgan fingerprint density at radius 3 is 2.22 bits per heavy atom. The first-order valence-electron chi connectivity index (χ1n) is 4.82. The lowest BCUT2D eigenvalue weighted by molar-refractivity contribution is 0.234. The van der Waals surface area contributed by atoms with Crippen molar-refractivity contribution < 1.29 is 27.4 Å². The molecule has 0 aliphatic heterocycles. The predicted molar refractivity (Wildman–Crippen MR) is 66.6 cm³/mol. The third-order valence-corrected chi connectivity index (χ3v) is 1.59. The number of benzene rings is 1. The maximum Gasteiger partial charge on any atom is 0.394 e. The van der Waals surface area contributed by atoms with E-state index in [1.54, 1.807) is 18.2 Å². The number of nitrogens with two attached hydrogens (primary N) is 2. The Morgan fingerprint density at radius 1 is 1.22 bits per heavy atom. The molecule has 7 N–H and O–H groups in total. The van der Waals surface area contributed by atoms with Crippen LogP contribution >= 0.6 is 0 Å². The molecule has 0 fully saturated rings. The molecule has 8 nitrogen and oxygen atoms in total. The van der Waals surface area contributed by atoms with Gasteiger partial charge < -0.3 is 21.3 Å². The molecule has 104 valence electrons. The summed E-state index contributed by atoms with van der Waals surface area (Å²) < 4.78 is 36.9. The molecular formula is C9H16N2O6S. The molecular weight excluding hydrogens is 264 g/mol. The standard InChI is InChI=1S/C9H14N2O2.H2O4S/c10-7-2-3-9(8(11)6-7)13-5-1-4-12;1-5(2,3)4/h2-3,6,12H,1,4-5,10-11H2;(H2,1,2,3,4). The molecule has 1 aromatic rings. The molecule has 0 saturated carbocycles. The fourth-order valence-corrected chi connectivity index (χ4v) is 0.945. The molecule has 0 radical (unpaired) electrons. The van der Waals surface area contributed by atoms with Crippen LogP contribution in [0.15, 0.2) is 18.2 Å². The first-order chi connectivity index (χ1) is 8.24. The Kier molecular flexibility index (Phi) is 7.05. The number of ether oxygens (including phenoxy) is 1. The summed E-state index contributed by atoms with van der Waals surface area (Å²) in [5.41, 5.74) is 12.3. The van der Waals surface area contributed by atoms with Gasteiger partial charge in [0.2, 0.25) is 0 Å². The van der Waals surface area contributed by atoms with Crippen LogP contribution in [0, 0.1) is 0 Å². The Hall–Kier alpha value is -1.55. The van der Waals surface area contributed by atoms with E-state index >= 15 is 0 Å². The van der Waals surface area contributed by atoms with E-state index < -0.39 is 10.4 Å². The van der Waals surface area contributed by atoms with Crippen molar-refractivity contribution in [1.82, 2.24) is 0 Å². The van der Waals surface area contributed by atoms with Crippen LogP contribution < -0.4 is 16.2 Å². The van der Waals surface area contributed by atoms with Gasteiger partial charge in [-0.2, -0.15) is 8.42 Å². The molecule has 0 aliphatic rings. The van der Waals surface area contributed by atoms with Gasteiger partial charge in [0, 0.05) is 18.7 Å². The number of aliphatic hydroxyl groups excluding tert-OH is 1. The fourth-order valence-electron chi connectivity index (χ4n) is 0.945. The van der Waals surface area contributed by atoms with Gasteiger partial charge in [-0.3, -0.25) is 9.11 Å². The highest BCUT2D eigenvalue weighted by Crippen LogP contribution is 2.23. The Balaban J connectivity index is 0.000000494. The van der Waals surface area contributed by atoms with Crippen molar-refractivity contribution in [3.05, 3.63) is 18.2 Å². The van der Waals surface area contributed by atoms with Crippen molar-refractivity contribution in [1.29, 1.82) is 0 Å². The van der Waals surface area contributed by atoms with E-state index in [1.807, 2.05) is 0 Å². The summed E-state index contributed by atoms with van der Waals surface area (Å²) in [6.45, 7) is 0.583. The highest BCUT2D eigenvalue weighted by Gasteiger charge is 1.99. The van der Waals surface area contributed by atoms with Gasteiger partial charge in [0.25, 0.3) is 0 Å². The van der Waals surface area contributed by atoms with E-state index in [4.69, 9.17) is 38.8 Å². The summed E-state index contributed by atoms with van der Waals surface area (Å²) in [7, 11) is -4.67. The van der Waals surface area contributed by atoms with Gasteiger partial charge in [0.05, 0.1) is 12.3 Å². The predicted octanol–water partition coefficient (Wildman–Crippen LogP) is -0.0406. The molecule has 0 aliphatic carbocycles. The van der Waals surface area contributed by atoms with Crippen molar-refractivity contribution >= 4 is 21.8 Å². The number of hydrogen-bond acceptors (Lipinski definition) is 6. The molecule has 18 heavy (non-hydrogen) atoms. The molecule has 0 amide bonds. The molecule has 1 rings (SSSR count). The number of aliphatic hydroxyl groups is 1. The number of anilines is 2. The molecule has 0 saturated heterocycles. The number of hydrogen-bond donors (Lipinski definition) is 5. The highest BCUT2D eigenvalue weighted by molar-refractivity contribution is 7.79. The third kappa shape index (κ3) is 9.66. The van der Waals surface area contributed by atoms with Crippen molar-refractivity contribution in [2.45, 2.75) is 6.42 Å². The Morgan fingerprint density at radius 2 is 1.78 bits per heavy atom. The molecule has 9 heteroatoms. The van der Waals surface area contributed by atoms with Crippen molar-refractivity contribution in [3.63, 3.8) is 0 Å². The monoisotopic (exact) mass is 280 g/mol. The summed E-state index contributed by atoms with van der Waals surface area (Å²) in [5, 5.41) is 8.53. The van der Waals surface area contributed by atoms with Crippen molar-refractivity contribution in [3.8, 4) is 5.75 Å². The largest absolute Gasteiger partial charge is 0.491 e. The van der Waals surface area contributed by atoms with Gasteiger partial charge in [0.1, 0.15) is 5.75 Å². The molecule has 0 heterocycles. The van der Waals surface area contributed by atoms with Crippen LogP contribution in [-0.4, -0.2) is 35.8 Å². The van der Waals surface area contributed by atoms with E-state index in [0.29, 0.717) is 30.2 Å². The first-order valence-corrected chi connectivity index (χ1v) is 6.22. The van der Waals surface area contributed by atoms with Gasteiger partial charge >= 0.3 is 10.4 Å². The summed E-state index contributed by atoms with van der Waals surface area (Å²) in [5.74, 6) is 0.614. The normalized spacial score (nSPS) is 10.4. The third-order valence-electron chi connectivity index (χ3n) is 1.59. The number of nitrogen functional groups attached to an aromatic ring is 2. The zero-order chi connectivity index (χ0) is 14.2. The maximum atomic E-state index is 8.74. The van der Waals surface area contributed by atoms with E-state index in [9.17, 15) is 0 Å². The van der Waals surface area contributed by atoms with Crippen LogP contribution in [-0.2, 0) is 10.4 Å². The van der Waals surface area contributed by atoms with Crippen molar-refractivity contribution in [2.75, 3.05) is 24.7 Å². The second-order valence-electron chi connectivity index (χ2n) is 3.17. The fraction of sp³-hybridized carbons (Fsp3) is 0.333. The van der Waals surface area contributed by atoms with Gasteiger partial charge in [-0.05, 0) is 18.2 Å². The Labute approximate surface area is 105 Å². The molecule has 0 aromatic heterocycles. The summed E-state index contributed by atoms with van der Waals surface area (Å²) >= 11 is 0. The van der Waals surface area contributed by atoms with Gasteiger partial charge in [0.15, 0.2) is 0 Å². The Bertz CT molecular complexity index is 454. The lowest BCUT2D eigenvalue weighted by Gasteiger charge is -2.08. The zero-order valence-corrected chi connectivity index (χ0v) is 10.3. The minimum absolute atomic E-state index is 0.120. The lowest BCUT2D eigenvalue weighted by Crippen LogP contribution is -2.02. The van der Waals surface area contributed by atoms with Crippen LogP contribution in [0.5, 0.6) is 5.75 Å². The molecule has 0 unspecified atom stereocenters. The maximum absolute atomic E-state index is 8.74. The second-order valence-corrected chi connectivity index (χ2v) is 4.07. The van der Waals surface area contributed by atoms with Crippen LogP contribution in [0.3, 0.4) is 0 Å². The first kappa shape index (κ1) is 16.4. The van der Waals surface area contributed by atoms with Crippen LogP contribution in [0.2, 0.25) is 0 Å². The van der Waals surface area contributed by atoms with Crippen molar-refractivity contribution in [2.24, 2.45) is 0 Å². The minimum Gasteiger partial charge on any atom is -0.491 e. The van der Waals surface area contributed by atoms with E-state index in [0.717, 1.165) is 0 Å². The van der Waals surface area contributed by atoms with Crippen LogP contribution in [0.4, 0.5) is 11.4 Å². The van der Waals surface area contributed by atoms with E-state index in [2.05, 4.69) is 0 Å². The van der Waals surface area contributed by atoms with Crippen LogP contribution in [0.25, 0.3) is 0 Å². The lowest BCUT2D eigenvalue weighted by atomic mass is 10.2. The quantitative estimate of drug-likeness (QED) is 0.292. The smallest absolute Gasteiger partial charge is 0.394 e. The van der Waals surface area contributed by atoms with Gasteiger partial charge in [-0.1, -0.05) is 0 Å². The van der Waals surface area contributed by atoms with E-state index in [-0.39, 0.29) is 6.61 Å². The van der Waals surface area contributed by atoms with Gasteiger partial charge in [-0.25, -0.2) is 0 Å². The summed E-state index contributed by atoms with van der Waals surface area (Å²) in [6, 6.07) is 5.10. The average Bonchev–Trinajstić information content (AvgIpc) is 2.19. The molecule has 0 spiro atoms. The topological polar surface area (TPSA) is 156 Å². The zero-order valence-electron chi connectivity index (χ0n) is 9.48. The summed E-state index contributed by atoms with van der Waals surface area (Å²) in [6.07, 6.45) is 0.601. The van der Waals surface area contributed by atoms with E-state index in [1.165, 1.54) is 0 Å². The molecule has 0 bridgehead atoms. The average molecular weight is 280 g/mol. The minimum atomic E-state index is -4.67. The SMILES string of the molecule is Nc1ccc(OCCCO)c(N)c1.O=S(=O)(O)O. The number of rotatable bonds is 4.